The van der Waals surface area contributed by atoms with Gasteiger partial charge in [-0.3, -0.25) is 19.3 Å². The number of rotatable bonds is 8. The van der Waals surface area contributed by atoms with E-state index in [1.54, 1.807) is 32.6 Å². The third kappa shape index (κ3) is 4.76. The van der Waals surface area contributed by atoms with Gasteiger partial charge >= 0.3 is 0 Å². The summed E-state index contributed by atoms with van der Waals surface area (Å²) in [6.07, 6.45) is 0. The Morgan fingerprint density at radius 1 is 1.17 bits per heavy atom. The summed E-state index contributed by atoms with van der Waals surface area (Å²) in [5.41, 5.74) is 1.46. The molecule has 8 heteroatoms. The lowest BCUT2D eigenvalue weighted by molar-refractivity contribution is -0.117. The first-order valence-corrected chi connectivity index (χ1v) is 9.30. The molecule has 0 spiro atoms. The molecule has 0 bridgehead atoms. The van der Waals surface area contributed by atoms with E-state index in [1.165, 1.54) is 13.0 Å². The number of H-pyrrole nitrogens is 1. The number of aromatic amines is 1. The van der Waals surface area contributed by atoms with Crippen molar-refractivity contribution in [2.45, 2.75) is 40.7 Å². The number of halogens is 2. The summed E-state index contributed by atoms with van der Waals surface area (Å²) in [4.78, 5) is 41.6. The number of para-hydroxylation sites is 1. The van der Waals surface area contributed by atoms with Crippen LogP contribution >= 0.6 is 0 Å². The van der Waals surface area contributed by atoms with Crippen LogP contribution in [0, 0.1) is 25.5 Å². The maximum atomic E-state index is 13.7. The minimum absolute atomic E-state index is 0.137. The number of aromatic nitrogens is 1. The first kappa shape index (κ1) is 22.4. The van der Waals surface area contributed by atoms with E-state index in [0.717, 1.165) is 12.1 Å². The maximum Gasteiger partial charge on any atom is 0.238 e. The molecule has 1 unspecified atom stereocenters. The molecule has 2 aromatic rings. The molecule has 0 saturated carbocycles. The molecule has 0 aliphatic carbocycles. The zero-order chi connectivity index (χ0) is 21.9. The second-order valence-corrected chi connectivity index (χ2v) is 6.93. The van der Waals surface area contributed by atoms with E-state index in [-0.39, 0.29) is 18.1 Å². The van der Waals surface area contributed by atoms with Crippen LogP contribution in [0.4, 0.5) is 14.5 Å². The number of aryl methyl sites for hydroxylation is 1. The molecular weight excluding hydrogens is 380 g/mol. The fraction of sp³-hybridized carbons (Fsp3) is 0.381. The van der Waals surface area contributed by atoms with Crippen LogP contribution in [0.1, 0.15) is 52.9 Å². The molecule has 2 N–H and O–H groups in total. The smallest absolute Gasteiger partial charge is 0.238 e. The summed E-state index contributed by atoms with van der Waals surface area (Å²) in [6.45, 7) is 8.41. The standard InChI is InChI=1S/C21H25F2N3O3/c1-6-26(10-17(28)25-20-15(22)8-7-9-16(20)23)13(4)21(29)19-11(2)18(14(5)27)12(3)24-19/h7-9,13,24H,6,10H2,1-5H3,(H,25,28). The lowest BCUT2D eigenvalue weighted by Gasteiger charge is -2.26. The first-order chi connectivity index (χ1) is 13.6. The van der Waals surface area contributed by atoms with Crippen molar-refractivity contribution in [3.63, 3.8) is 0 Å². The molecule has 0 saturated heterocycles. The average Bonchev–Trinajstić information content (AvgIpc) is 2.96. The Balaban J connectivity index is 2.17. The zero-order valence-electron chi connectivity index (χ0n) is 17.2. The van der Waals surface area contributed by atoms with E-state index in [4.69, 9.17) is 0 Å². The summed E-state index contributed by atoms with van der Waals surface area (Å²) in [5.74, 6) is -2.80. The van der Waals surface area contributed by atoms with Gasteiger partial charge in [0, 0.05) is 11.3 Å². The second-order valence-electron chi connectivity index (χ2n) is 6.93. The average molecular weight is 405 g/mol. The summed E-state index contributed by atoms with van der Waals surface area (Å²) in [5, 5.41) is 2.22. The predicted octanol–water partition coefficient (Wildman–Crippen LogP) is 3.64. The number of Topliss-reactive ketones (excluding diaryl/α,β-unsaturated/α-hetero) is 2. The third-order valence-electron chi connectivity index (χ3n) is 4.94. The lowest BCUT2D eigenvalue weighted by atomic mass is 10.0. The molecule has 1 heterocycles. The molecular formula is C21H25F2N3O3. The summed E-state index contributed by atoms with van der Waals surface area (Å²) in [6, 6.07) is 2.61. The SMILES string of the molecule is CCN(CC(=O)Nc1c(F)cccc1F)C(C)C(=O)c1[nH]c(C)c(C(C)=O)c1C. The minimum Gasteiger partial charge on any atom is -0.355 e. The van der Waals surface area contributed by atoms with Crippen molar-refractivity contribution in [3.8, 4) is 0 Å². The number of likely N-dealkylation sites (N-methyl/N-ethyl adjacent to an activating group) is 1. The van der Waals surface area contributed by atoms with Gasteiger partial charge in [-0.25, -0.2) is 8.78 Å². The number of amides is 1. The van der Waals surface area contributed by atoms with E-state index < -0.39 is 29.3 Å². The highest BCUT2D eigenvalue weighted by Crippen LogP contribution is 2.21. The number of benzene rings is 1. The number of nitrogens with one attached hydrogen (secondary N) is 2. The molecule has 1 atom stereocenters. The number of carbonyl (C=O) groups is 3. The fourth-order valence-electron chi connectivity index (χ4n) is 3.40. The van der Waals surface area contributed by atoms with E-state index >= 15 is 0 Å². The molecule has 0 radical (unpaired) electrons. The minimum atomic E-state index is -0.875. The molecule has 1 amide bonds. The molecule has 0 aliphatic rings. The highest BCUT2D eigenvalue weighted by molar-refractivity contribution is 6.05. The highest BCUT2D eigenvalue weighted by atomic mass is 19.1. The summed E-state index contributed by atoms with van der Waals surface area (Å²) >= 11 is 0. The molecule has 0 fully saturated rings. The van der Waals surface area contributed by atoms with Crippen molar-refractivity contribution in [2.75, 3.05) is 18.4 Å². The molecule has 6 nitrogen and oxygen atoms in total. The van der Waals surface area contributed by atoms with Crippen LogP contribution < -0.4 is 5.32 Å². The van der Waals surface area contributed by atoms with Crippen molar-refractivity contribution in [1.29, 1.82) is 0 Å². The number of ketones is 2. The lowest BCUT2D eigenvalue weighted by Crippen LogP contribution is -2.43. The van der Waals surface area contributed by atoms with Crippen LogP contribution in [-0.2, 0) is 4.79 Å². The fourth-order valence-corrected chi connectivity index (χ4v) is 3.40. The van der Waals surface area contributed by atoms with E-state index in [1.807, 2.05) is 0 Å². The Morgan fingerprint density at radius 3 is 2.24 bits per heavy atom. The second kappa shape index (κ2) is 9.09. The normalized spacial score (nSPS) is 12.1. The molecule has 2 rings (SSSR count). The zero-order valence-corrected chi connectivity index (χ0v) is 17.2. The number of nitrogens with zero attached hydrogens (tertiary/aromatic N) is 1. The Kier molecular flexibility index (Phi) is 7.02. The van der Waals surface area contributed by atoms with E-state index in [0.29, 0.717) is 29.1 Å². The number of hydrogen-bond acceptors (Lipinski definition) is 4. The number of carbonyl (C=O) groups excluding carboxylic acids is 3. The first-order valence-electron chi connectivity index (χ1n) is 9.30. The van der Waals surface area contributed by atoms with Crippen molar-refractivity contribution in [1.82, 2.24) is 9.88 Å². The van der Waals surface area contributed by atoms with Crippen LogP contribution in [0.15, 0.2) is 18.2 Å². The van der Waals surface area contributed by atoms with Gasteiger partial charge in [0.1, 0.15) is 17.3 Å². The molecule has 156 valence electrons. The number of hydrogen-bond donors (Lipinski definition) is 2. The van der Waals surface area contributed by atoms with Gasteiger partial charge in [-0.15, -0.1) is 0 Å². The van der Waals surface area contributed by atoms with Gasteiger partial charge in [-0.1, -0.05) is 13.0 Å². The van der Waals surface area contributed by atoms with Gasteiger partial charge in [0.05, 0.1) is 18.3 Å². The summed E-state index contributed by atoms with van der Waals surface area (Å²) in [7, 11) is 0. The van der Waals surface area contributed by atoms with Crippen molar-refractivity contribution in [3.05, 3.63) is 52.3 Å². The van der Waals surface area contributed by atoms with Crippen LogP contribution in [-0.4, -0.2) is 46.5 Å². The Bertz CT molecular complexity index is 933. The monoisotopic (exact) mass is 405 g/mol. The van der Waals surface area contributed by atoms with Crippen molar-refractivity contribution < 1.29 is 23.2 Å². The van der Waals surface area contributed by atoms with Crippen LogP contribution in [0.25, 0.3) is 0 Å². The molecule has 29 heavy (non-hydrogen) atoms. The van der Waals surface area contributed by atoms with Gasteiger partial charge in [-0.05, 0) is 51.9 Å². The highest BCUT2D eigenvalue weighted by Gasteiger charge is 2.28. The molecule has 1 aromatic carbocycles. The Labute approximate surface area is 168 Å². The summed E-state index contributed by atoms with van der Waals surface area (Å²) < 4.78 is 27.5. The van der Waals surface area contributed by atoms with Crippen molar-refractivity contribution in [2.24, 2.45) is 0 Å². The van der Waals surface area contributed by atoms with Gasteiger partial charge < -0.3 is 10.3 Å². The quantitative estimate of drug-likeness (QED) is 0.657. The van der Waals surface area contributed by atoms with Gasteiger partial charge in [0.15, 0.2) is 11.6 Å². The van der Waals surface area contributed by atoms with Crippen LogP contribution in [0.5, 0.6) is 0 Å². The molecule has 0 aliphatic heterocycles. The largest absolute Gasteiger partial charge is 0.355 e. The van der Waals surface area contributed by atoms with Crippen LogP contribution in [0.3, 0.4) is 0 Å². The van der Waals surface area contributed by atoms with E-state index in [9.17, 15) is 23.2 Å². The van der Waals surface area contributed by atoms with Crippen molar-refractivity contribution >= 4 is 23.2 Å². The number of anilines is 1. The Morgan fingerprint density at radius 2 is 1.76 bits per heavy atom. The maximum absolute atomic E-state index is 13.7. The molecule has 1 aromatic heterocycles. The van der Waals surface area contributed by atoms with Crippen LogP contribution in [0.2, 0.25) is 0 Å². The van der Waals surface area contributed by atoms with Gasteiger partial charge in [-0.2, -0.15) is 0 Å². The topological polar surface area (TPSA) is 82.3 Å². The van der Waals surface area contributed by atoms with E-state index in [2.05, 4.69) is 10.3 Å². The van der Waals surface area contributed by atoms with Gasteiger partial charge in [0.2, 0.25) is 5.91 Å². The Hall–Kier alpha value is -2.87. The third-order valence-corrected chi connectivity index (χ3v) is 4.94. The predicted molar refractivity (Wildman–Crippen MR) is 106 cm³/mol. The van der Waals surface area contributed by atoms with Gasteiger partial charge in [0.25, 0.3) is 0 Å².